The van der Waals surface area contributed by atoms with Crippen LogP contribution in [0.25, 0.3) is 0 Å². The monoisotopic (exact) mass is 285 g/mol. The SMILES string of the molecule is C=CCN(CC=C)S(=O)(=O)c1c(C)oc(C)c1CO. The molecule has 0 fully saturated rings. The summed E-state index contributed by atoms with van der Waals surface area (Å²) in [6.45, 7) is 10.2. The van der Waals surface area contributed by atoms with Crippen molar-refractivity contribution in [2.45, 2.75) is 25.3 Å². The quantitative estimate of drug-likeness (QED) is 0.775. The van der Waals surface area contributed by atoms with Gasteiger partial charge in [-0.2, -0.15) is 4.31 Å². The minimum absolute atomic E-state index is 0.0381. The van der Waals surface area contributed by atoms with E-state index < -0.39 is 10.0 Å². The Bertz CT molecular complexity index is 562. The van der Waals surface area contributed by atoms with E-state index in [1.54, 1.807) is 13.8 Å². The van der Waals surface area contributed by atoms with Crippen molar-refractivity contribution >= 4 is 10.0 Å². The van der Waals surface area contributed by atoms with E-state index >= 15 is 0 Å². The first kappa shape index (κ1) is 15.7. The number of furan rings is 1. The van der Waals surface area contributed by atoms with Crippen LogP contribution in [0, 0.1) is 13.8 Å². The van der Waals surface area contributed by atoms with E-state index in [0.29, 0.717) is 11.3 Å². The first-order chi connectivity index (χ1) is 8.89. The van der Waals surface area contributed by atoms with Gasteiger partial charge in [0.25, 0.3) is 0 Å². The van der Waals surface area contributed by atoms with Gasteiger partial charge >= 0.3 is 0 Å². The van der Waals surface area contributed by atoms with Crippen molar-refractivity contribution in [3.8, 4) is 0 Å². The Hall–Kier alpha value is -1.37. The number of hydrogen-bond acceptors (Lipinski definition) is 4. The zero-order valence-electron chi connectivity index (χ0n) is 11.2. The van der Waals surface area contributed by atoms with Gasteiger partial charge in [-0.05, 0) is 13.8 Å². The van der Waals surface area contributed by atoms with Crippen molar-refractivity contribution in [2.24, 2.45) is 0 Å². The van der Waals surface area contributed by atoms with Crippen LogP contribution in [0.3, 0.4) is 0 Å². The summed E-state index contributed by atoms with van der Waals surface area (Å²) in [5.74, 6) is 0.690. The molecule has 6 heteroatoms. The van der Waals surface area contributed by atoms with Gasteiger partial charge in [-0.15, -0.1) is 13.2 Å². The van der Waals surface area contributed by atoms with Gasteiger partial charge in [0.1, 0.15) is 16.4 Å². The average Bonchev–Trinajstić information content (AvgIpc) is 2.63. The topological polar surface area (TPSA) is 70.8 Å². The van der Waals surface area contributed by atoms with Crippen molar-refractivity contribution in [2.75, 3.05) is 13.1 Å². The minimum Gasteiger partial charge on any atom is -0.465 e. The first-order valence-corrected chi connectivity index (χ1v) is 7.25. The normalized spacial score (nSPS) is 11.8. The van der Waals surface area contributed by atoms with E-state index in [1.807, 2.05) is 0 Å². The number of aliphatic hydroxyl groups excluding tert-OH is 1. The second kappa shape index (κ2) is 6.18. The van der Waals surface area contributed by atoms with Gasteiger partial charge < -0.3 is 9.52 Å². The smallest absolute Gasteiger partial charge is 0.247 e. The maximum atomic E-state index is 12.6. The van der Waals surface area contributed by atoms with E-state index in [9.17, 15) is 13.5 Å². The van der Waals surface area contributed by atoms with Gasteiger partial charge in [0.05, 0.1) is 6.61 Å². The molecule has 1 N–H and O–H groups in total. The molecule has 0 amide bonds. The van der Waals surface area contributed by atoms with Crippen LogP contribution in [0.5, 0.6) is 0 Å². The number of nitrogens with zero attached hydrogens (tertiary/aromatic N) is 1. The molecule has 0 spiro atoms. The molecule has 0 aromatic carbocycles. The Morgan fingerprint density at radius 3 is 2.16 bits per heavy atom. The van der Waals surface area contributed by atoms with Crippen LogP contribution in [0.1, 0.15) is 17.1 Å². The van der Waals surface area contributed by atoms with Crippen molar-refractivity contribution in [1.82, 2.24) is 4.31 Å². The second-order valence-electron chi connectivity index (χ2n) is 4.08. The fraction of sp³-hybridized carbons (Fsp3) is 0.385. The Kier molecular flexibility index (Phi) is 5.11. The Morgan fingerprint density at radius 2 is 1.74 bits per heavy atom. The lowest BCUT2D eigenvalue weighted by Crippen LogP contribution is -2.32. The number of aliphatic hydroxyl groups is 1. The number of sulfonamides is 1. The summed E-state index contributed by atoms with van der Waals surface area (Å²) < 4.78 is 31.7. The van der Waals surface area contributed by atoms with E-state index in [4.69, 9.17) is 4.42 Å². The summed E-state index contributed by atoms with van der Waals surface area (Å²) in [5.41, 5.74) is 0.302. The highest BCUT2D eigenvalue weighted by atomic mass is 32.2. The van der Waals surface area contributed by atoms with Crippen LogP contribution < -0.4 is 0 Å². The molecular weight excluding hydrogens is 266 g/mol. The number of rotatable bonds is 7. The molecule has 19 heavy (non-hydrogen) atoms. The summed E-state index contributed by atoms with van der Waals surface area (Å²) >= 11 is 0. The predicted octanol–water partition coefficient (Wildman–Crippen LogP) is 1.75. The predicted molar refractivity (Wildman–Crippen MR) is 73.3 cm³/mol. The third-order valence-corrected chi connectivity index (χ3v) is 4.77. The van der Waals surface area contributed by atoms with Gasteiger partial charge in [0, 0.05) is 18.7 Å². The highest BCUT2D eigenvalue weighted by Gasteiger charge is 2.31. The number of hydrogen-bond donors (Lipinski definition) is 1. The van der Waals surface area contributed by atoms with E-state index in [1.165, 1.54) is 16.5 Å². The Morgan fingerprint density at radius 1 is 1.21 bits per heavy atom. The molecular formula is C13H19NO4S. The lowest BCUT2D eigenvalue weighted by Gasteiger charge is -2.19. The van der Waals surface area contributed by atoms with Crippen LogP contribution in [-0.4, -0.2) is 30.9 Å². The second-order valence-corrected chi connectivity index (χ2v) is 5.95. The standard InChI is InChI=1S/C13H19NO4S/c1-5-7-14(8-6-2)19(16,17)13-11(4)18-10(3)12(13)9-15/h5-6,15H,1-2,7-9H2,3-4H3. The summed E-state index contributed by atoms with van der Waals surface area (Å²) in [6.07, 6.45) is 3.00. The molecule has 0 bridgehead atoms. The molecule has 0 atom stereocenters. The molecule has 0 aliphatic carbocycles. The third kappa shape index (κ3) is 2.97. The van der Waals surface area contributed by atoms with Gasteiger partial charge in [-0.25, -0.2) is 8.42 Å². The third-order valence-electron chi connectivity index (χ3n) is 2.75. The number of aryl methyl sites for hydroxylation is 2. The van der Waals surface area contributed by atoms with E-state index in [2.05, 4.69) is 13.2 Å². The van der Waals surface area contributed by atoms with E-state index in [0.717, 1.165) is 0 Å². The van der Waals surface area contributed by atoms with Crippen molar-refractivity contribution in [3.05, 3.63) is 42.4 Å². The summed E-state index contributed by atoms with van der Waals surface area (Å²) in [5, 5.41) is 9.33. The van der Waals surface area contributed by atoms with Crippen LogP contribution in [-0.2, 0) is 16.6 Å². The van der Waals surface area contributed by atoms with Gasteiger partial charge in [-0.3, -0.25) is 0 Å². The van der Waals surface area contributed by atoms with Crippen molar-refractivity contribution in [1.29, 1.82) is 0 Å². The van der Waals surface area contributed by atoms with Gasteiger partial charge in [-0.1, -0.05) is 12.2 Å². The Labute approximate surface area is 113 Å². The average molecular weight is 285 g/mol. The maximum absolute atomic E-state index is 12.6. The molecule has 1 rings (SSSR count). The molecule has 0 aliphatic rings. The molecule has 1 heterocycles. The molecule has 106 valence electrons. The fourth-order valence-electron chi connectivity index (χ4n) is 1.92. The zero-order chi connectivity index (χ0) is 14.6. The van der Waals surface area contributed by atoms with Gasteiger partial charge in [0.15, 0.2) is 0 Å². The van der Waals surface area contributed by atoms with Crippen LogP contribution in [0.15, 0.2) is 34.6 Å². The van der Waals surface area contributed by atoms with Crippen molar-refractivity contribution < 1.29 is 17.9 Å². The Balaban J connectivity index is 3.40. The van der Waals surface area contributed by atoms with E-state index in [-0.39, 0.29) is 30.4 Å². The van der Waals surface area contributed by atoms with Crippen molar-refractivity contribution in [3.63, 3.8) is 0 Å². The van der Waals surface area contributed by atoms with Crippen LogP contribution in [0.4, 0.5) is 0 Å². The molecule has 0 radical (unpaired) electrons. The lowest BCUT2D eigenvalue weighted by atomic mass is 10.2. The molecule has 0 unspecified atom stereocenters. The minimum atomic E-state index is -3.74. The lowest BCUT2D eigenvalue weighted by molar-refractivity contribution is 0.276. The molecule has 1 aromatic rings. The molecule has 0 aliphatic heterocycles. The highest BCUT2D eigenvalue weighted by Crippen LogP contribution is 2.29. The van der Waals surface area contributed by atoms with Crippen LogP contribution >= 0.6 is 0 Å². The highest BCUT2D eigenvalue weighted by molar-refractivity contribution is 7.89. The molecule has 0 saturated carbocycles. The largest absolute Gasteiger partial charge is 0.465 e. The maximum Gasteiger partial charge on any atom is 0.247 e. The fourth-order valence-corrected chi connectivity index (χ4v) is 3.70. The van der Waals surface area contributed by atoms with Crippen LogP contribution in [0.2, 0.25) is 0 Å². The first-order valence-electron chi connectivity index (χ1n) is 5.81. The van der Waals surface area contributed by atoms with Gasteiger partial charge in [0.2, 0.25) is 10.0 Å². The molecule has 1 aromatic heterocycles. The summed E-state index contributed by atoms with van der Waals surface area (Å²) in [6, 6.07) is 0. The summed E-state index contributed by atoms with van der Waals surface area (Å²) in [4.78, 5) is 0.0381. The summed E-state index contributed by atoms with van der Waals surface area (Å²) in [7, 11) is -3.74. The molecule has 5 nitrogen and oxygen atoms in total. The zero-order valence-corrected chi connectivity index (χ0v) is 12.0. The molecule has 0 saturated heterocycles.